The van der Waals surface area contributed by atoms with E-state index in [4.69, 9.17) is 10.0 Å². The van der Waals surface area contributed by atoms with Gasteiger partial charge < -0.3 is 10.0 Å². The minimum atomic E-state index is -0.750. The quantitative estimate of drug-likeness (QED) is 0.395. The van der Waals surface area contributed by atoms with Crippen molar-refractivity contribution in [1.29, 1.82) is 0 Å². The summed E-state index contributed by atoms with van der Waals surface area (Å²) in [7, 11) is -0.750. The van der Waals surface area contributed by atoms with Crippen molar-refractivity contribution in [2.45, 2.75) is 0 Å². The molecule has 0 radical (unpaired) electrons. The van der Waals surface area contributed by atoms with Crippen molar-refractivity contribution in [3.8, 4) is 0 Å². The highest BCUT2D eigenvalue weighted by Crippen LogP contribution is 1.65. The number of aromatic amines is 2. The Balaban J connectivity index is 0.000000174. The number of hydrogen-bond donors (Lipinski definition) is 4. The summed E-state index contributed by atoms with van der Waals surface area (Å²) in [5, 5.41) is 26.7. The number of nitrogens with zero attached hydrogens (tertiary/aromatic N) is 2. The molecule has 2 heterocycles. The second-order valence-electron chi connectivity index (χ2n) is 1.67. The zero-order chi connectivity index (χ0) is 9.78. The number of rotatable bonds is 0. The Morgan fingerprint density at radius 3 is 1.38 bits per heavy atom. The first kappa shape index (κ1) is 11.4. The van der Waals surface area contributed by atoms with Crippen LogP contribution in [-0.2, 0) is 0 Å². The maximum Gasteiger partial charge on any atom is 0.432 e. The largest absolute Gasteiger partial charge is 0.432 e. The van der Waals surface area contributed by atoms with Gasteiger partial charge in [-0.3, -0.25) is 10.2 Å². The Kier molecular flexibility index (Phi) is 9.13. The number of H-pyrrole nitrogens is 2. The van der Waals surface area contributed by atoms with E-state index in [1.54, 1.807) is 24.8 Å². The monoisotopic (exact) mass is 182 g/mol. The predicted octanol–water partition coefficient (Wildman–Crippen LogP) is -0.943. The minimum Gasteiger partial charge on any atom is -0.430 e. The van der Waals surface area contributed by atoms with E-state index in [2.05, 4.69) is 20.4 Å². The summed E-state index contributed by atoms with van der Waals surface area (Å²) in [5.74, 6) is 0. The molecular weight excluding hydrogens is 171 g/mol. The van der Waals surface area contributed by atoms with Gasteiger partial charge >= 0.3 is 7.69 Å². The van der Waals surface area contributed by atoms with Crippen molar-refractivity contribution in [3.05, 3.63) is 36.9 Å². The molecule has 0 fully saturated rings. The van der Waals surface area contributed by atoms with Crippen molar-refractivity contribution in [2.75, 3.05) is 0 Å². The van der Waals surface area contributed by atoms with Gasteiger partial charge in [0, 0.05) is 24.8 Å². The maximum atomic E-state index is 7.12. The Hall–Kier alpha value is -1.60. The lowest BCUT2D eigenvalue weighted by atomic mass is 10.5. The van der Waals surface area contributed by atoms with Crippen molar-refractivity contribution in [3.63, 3.8) is 0 Å². The molecule has 0 spiro atoms. The fourth-order valence-electron chi connectivity index (χ4n) is 0.430. The highest BCUT2D eigenvalue weighted by atomic mass is 16.4. The van der Waals surface area contributed by atoms with Gasteiger partial charge in [0.2, 0.25) is 0 Å². The number of hydrogen-bond acceptors (Lipinski definition) is 4. The molecule has 2 rings (SSSR count). The summed E-state index contributed by atoms with van der Waals surface area (Å²) in [6.45, 7) is 0. The lowest BCUT2D eigenvalue weighted by Gasteiger charge is -1.49. The second-order valence-corrected chi connectivity index (χ2v) is 1.67. The van der Waals surface area contributed by atoms with Crippen LogP contribution in [-0.4, -0.2) is 38.1 Å². The molecule has 0 saturated heterocycles. The highest BCUT2D eigenvalue weighted by molar-refractivity contribution is 6.13. The van der Waals surface area contributed by atoms with E-state index in [0.717, 1.165) is 0 Å². The molecular formula is C6H11BN4O2. The van der Waals surface area contributed by atoms with Crippen molar-refractivity contribution in [1.82, 2.24) is 20.4 Å². The molecule has 0 bridgehead atoms. The van der Waals surface area contributed by atoms with E-state index in [-0.39, 0.29) is 0 Å². The molecule has 70 valence electrons. The summed E-state index contributed by atoms with van der Waals surface area (Å²) in [5.41, 5.74) is 0. The molecule has 0 saturated carbocycles. The fraction of sp³-hybridized carbons (Fsp3) is 0. The third kappa shape index (κ3) is 10.4. The molecule has 0 aromatic carbocycles. The van der Waals surface area contributed by atoms with Crippen LogP contribution in [0.3, 0.4) is 0 Å². The van der Waals surface area contributed by atoms with Gasteiger partial charge in [0.25, 0.3) is 0 Å². The van der Waals surface area contributed by atoms with Crippen LogP contribution in [0.15, 0.2) is 36.9 Å². The van der Waals surface area contributed by atoms with Crippen molar-refractivity contribution in [2.24, 2.45) is 0 Å². The molecule has 0 aliphatic rings. The molecule has 0 aliphatic carbocycles. The van der Waals surface area contributed by atoms with Gasteiger partial charge in [0.15, 0.2) is 0 Å². The molecule has 0 unspecified atom stereocenters. The van der Waals surface area contributed by atoms with Crippen molar-refractivity contribution >= 4 is 7.69 Å². The van der Waals surface area contributed by atoms with Gasteiger partial charge in [-0.2, -0.15) is 10.2 Å². The van der Waals surface area contributed by atoms with Gasteiger partial charge in [-0.15, -0.1) is 0 Å². The summed E-state index contributed by atoms with van der Waals surface area (Å²) in [6, 6.07) is 3.67. The number of nitrogens with one attached hydrogen (secondary N) is 2. The van der Waals surface area contributed by atoms with Crippen LogP contribution in [0.5, 0.6) is 0 Å². The van der Waals surface area contributed by atoms with Gasteiger partial charge in [0.1, 0.15) is 0 Å². The van der Waals surface area contributed by atoms with E-state index in [1.807, 2.05) is 12.1 Å². The van der Waals surface area contributed by atoms with Crippen LogP contribution in [0.1, 0.15) is 0 Å². The lowest BCUT2D eigenvalue weighted by molar-refractivity contribution is 0.448. The van der Waals surface area contributed by atoms with E-state index in [9.17, 15) is 0 Å². The zero-order valence-electron chi connectivity index (χ0n) is 6.96. The average molecular weight is 182 g/mol. The van der Waals surface area contributed by atoms with Crippen LogP contribution >= 0.6 is 0 Å². The van der Waals surface area contributed by atoms with Crippen molar-refractivity contribution < 1.29 is 10.0 Å². The molecule has 2 aromatic heterocycles. The SMILES string of the molecule is OBO.c1cn[nH]c1.c1cn[nH]c1. The number of aromatic nitrogens is 4. The summed E-state index contributed by atoms with van der Waals surface area (Å²) in [4.78, 5) is 0. The van der Waals surface area contributed by atoms with Gasteiger partial charge in [0.05, 0.1) is 0 Å². The smallest absolute Gasteiger partial charge is 0.430 e. The minimum absolute atomic E-state index is 0.750. The topological polar surface area (TPSA) is 97.8 Å². The van der Waals surface area contributed by atoms with Crippen LogP contribution in [0.2, 0.25) is 0 Å². The Morgan fingerprint density at radius 2 is 1.31 bits per heavy atom. The molecule has 0 atom stereocenters. The third-order valence-corrected chi connectivity index (χ3v) is 0.812. The molecule has 4 N–H and O–H groups in total. The lowest BCUT2D eigenvalue weighted by Crippen LogP contribution is -1.75. The first-order valence-corrected chi connectivity index (χ1v) is 3.51. The van der Waals surface area contributed by atoms with Crippen LogP contribution in [0, 0.1) is 0 Å². The normalized spacial score (nSPS) is 7.23. The fourth-order valence-corrected chi connectivity index (χ4v) is 0.430. The van der Waals surface area contributed by atoms with Crippen LogP contribution in [0.25, 0.3) is 0 Å². The molecule has 0 amide bonds. The Morgan fingerprint density at radius 1 is 0.923 bits per heavy atom. The molecule has 6 nitrogen and oxygen atoms in total. The van der Waals surface area contributed by atoms with E-state index < -0.39 is 7.69 Å². The molecule has 13 heavy (non-hydrogen) atoms. The average Bonchev–Trinajstić information content (AvgIpc) is 2.85. The van der Waals surface area contributed by atoms with E-state index >= 15 is 0 Å². The Bertz CT molecular complexity index is 174. The van der Waals surface area contributed by atoms with E-state index in [0.29, 0.717) is 0 Å². The maximum absolute atomic E-state index is 7.12. The summed E-state index contributed by atoms with van der Waals surface area (Å²) >= 11 is 0. The molecule has 7 heteroatoms. The highest BCUT2D eigenvalue weighted by Gasteiger charge is 1.57. The predicted molar refractivity (Wildman–Crippen MR) is 48.8 cm³/mol. The third-order valence-electron chi connectivity index (χ3n) is 0.812. The standard InChI is InChI=1S/2C3H4N2.BH3O2/c2*1-2-4-5-3-1;2-1-3/h2*1-3H,(H,4,5);1-3H. The second kappa shape index (κ2) is 10.4. The first-order valence-electron chi connectivity index (χ1n) is 3.51. The zero-order valence-corrected chi connectivity index (χ0v) is 6.96. The summed E-state index contributed by atoms with van der Waals surface area (Å²) < 4.78 is 0. The van der Waals surface area contributed by atoms with Gasteiger partial charge in [-0.1, -0.05) is 0 Å². The summed E-state index contributed by atoms with van der Waals surface area (Å²) in [6.07, 6.45) is 6.92. The van der Waals surface area contributed by atoms with Crippen LogP contribution in [0.4, 0.5) is 0 Å². The van der Waals surface area contributed by atoms with E-state index in [1.165, 1.54) is 0 Å². The molecule has 0 aliphatic heterocycles. The van der Waals surface area contributed by atoms with Gasteiger partial charge in [-0.25, -0.2) is 0 Å². The first-order chi connectivity index (χ1) is 6.41. The van der Waals surface area contributed by atoms with Crippen LogP contribution < -0.4 is 0 Å². The van der Waals surface area contributed by atoms with Gasteiger partial charge in [-0.05, 0) is 12.1 Å². The Labute approximate surface area is 75.9 Å². The molecule has 2 aromatic rings.